The van der Waals surface area contributed by atoms with E-state index >= 15 is 0 Å². The monoisotopic (exact) mass is 394 g/mol. The van der Waals surface area contributed by atoms with Gasteiger partial charge in [0.05, 0.1) is 6.04 Å². The van der Waals surface area contributed by atoms with Crippen molar-refractivity contribution in [1.82, 2.24) is 9.80 Å². The predicted molar refractivity (Wildman–Crippen MR) is 112 cm³/mol. The fraction of sp³-hybridized carbons (Fsp3) is 0.682. The fourth-order valence-electron chi connectivity index (χ4n) is 4.30. The second kappa shape index (κ2) is 10.9. The van der Waals surface area contributed by atoms with Gasteiger partial charge in [-0.15, -0.1) is 12.4 Å². The first-order valence-corrected chi connectivity index (χ1v) is 10.4. The van der Waals surface area contributed by atoms with Crippen LogP contribution in [0.15, 0.2) is 30.3 Å². The number of cyclic esters (lactones) is 1. The largest absolute Gasteiger partial charge is 0.439 e. The van der Waals surface area contributed by atoms with Gasteiger partial charge in [-0.1, -0.05) is 57.0 Å². The Bertz CT molecular complexity index is 559. The lowest BCUT2D eigenvalue weighted by Crippen LogP contribution is -2.37. The van der Waals surface area contributed by atoms with Gasteiger partial charge in [0.15, 0.2) is 0 Å². The molecule has 2 fully saturated rings. The summed E-state index contributed by atoms with van der Waals surface area (Å²) < 4.78 is 5.81. The van der Waals surface area contributed by atoms with Gasteiger partial charge in [-0.05, 0) is 56.8 Å². The van der Waals surface area contributed by atoms with Crippen LogP contribution in [0.3, 0.4) is 0 Å². The van der Waals surface area contributed by atoms with E-state index in [-0.39, 0.29) is 30.6 Å². The Balaban J connectivity index is 0.00000261. The molecule has 0 radical (unpaired) electrons. The van der Waals surface area contributed by atoms with E-state index in [0.717, 1.165) is 31.5 Å². The Labute approximate surface area is 170 Å². The molecular weight excluding hydrogens is 360 g/mol. The van der Waals surface area contributed by atoms with Crippen LogP contribution in [0, 0.1) is 5.92 Å². The summed E-state index contributed by atoms with van der Waals surface area (Å²) in [6, 6.07) is 10.4. The van der Waals surface area contributed by atoms with Crippen molar-refractivity contribution in [3.8, 4) is 0 Å². The number of carbonyl (C=O) groups is 1. The number of benzene rings is 1. The van der Waals surface area contributed by atoms with Crippen LogP contribution in [0.1, 0.15) is 64.0 Å². The summed E-state index contributed by atoms with van der Waals surface area (Å²) in [4.78, 5) is 17.1. The van der Waals surface area contributed by atoms with E-state index in [1.807, 2.05) is 23.1 Å². The summed E-state index contributed by atoms with van der Waals surface area (Å²) in [5.41, 5.74) is 1.11. The molecule has 5 heteroatoms. The summed E-state index contributed by atoms with van der Waals surface area (Å²) in [6.45, 7) is 8.77. The average molecular weight is 395 g/mol. The third kappa shape index (κ3) is 6.11. The number of amides is 1. The fourth-order valence-corrected chi connectivity index (χ4v) is 4.30. The third-order valence-corrected chi connectivity index (χ3v) is 5.63. The zero-order valence-corrected chi connectivity index (χ0v) is 17.6. The molecular formula is C22H35ClN2O2. The minimum absolute atomic E-state index is 0. The van der Waals surface area contributed by atoms with Crippen molar-refractivity contribution in [1.29, 1.82) is 0 Å². The van der Waals surface area contributed by atoms with Gasteiger partial charge in [-0.2, -0.15) is 0 Å². The molecule has 4 nitrogen and oxygen atoms in total. The van der Waals surface area contributed by atoms with Crippen LogP contribution in [0.25, 0.3) is 0 Å². The number of hydrogen-bond acceptors (Lipinski definition) is 3. The molecule has 0 aromatic heterocycles. The standard InChI is InChI=1S/C22H34N2O2.ClH/c1-18(2)17-20-21(19-11-6-5-7-12-19)26-22(25)24(20)16-10-15-23-13-8-3-4-9-14-23;/h5-7,11-12,18,20-21H,3-4,8-10,13-17H2,1-2H3;1H/t20-,21+;/m1./s1. The summed E-state index contributed by atoms with van der Waals surface area (Å²) in [5, 5.41) is 0. The second-order valence-corrected chi connectivity index (χ2v) is 8.21. The molecule has 0 unspecified atom stereocenters. The van der Waals surface area contributed by atoms with Crippen LogP contribution in [0.5, 0.6) is 0 Å². The normalized spacial score (nSPS) is 23.8. The lowest BCUT2D eigenvalue weighted by molar-refractivity contribution is 0.128. The summed E-state index contributed by atoms with van der Waals surface area (Å²) in [6.07, 6.45) is 7.11. The maximum absolute atomic E-state index is 12.6. The topological polar surface area (TPSA) is 32.8 Å². The number of hydrogen-bond donors (Lipinski definition) is 0. The molecule has 3 rings (SSSR count). The lowest BCUT2D eigenvalue weighted by Gasteiger charge is -2.27. The van der Waals surface area contributed by atoms with Gasteiger partial charge in [0.2, 0.25) is 0 Å². The van der Waals surface area contributed by atoms with E-state index in [1.54, 1.807) is 0 Å². The van der Waals surface area contributed by atoms with E-state index in [9.17, 15) is 4.79 Å². The molecule has 2 aliphatic rings. The summed E-state index contributed by atoms with van der Waals surface area (Å²) in [5.74, 6) is 0.536. The van der Waals surface area contributed by atoms with Crippen LogP contribution in [0.2, 0.25) is 0 Å². The van der Waals surface area contributed by atoms with Gasteiger partial charge in [0.25, 0.3) is 0 Å². The maximum Gasteiger partial charge on any atom is 0.410 e. The van der Waals surface area contributed by atoms with Crippen LogP contribution in [-0.4, -0.2) is 48.1 Å². The van der Waals surface area contributed by atoms with E-state index in [0.29, 0.717) is 5.92 Å². The molecule has 152 valence electrons. The van der Waals surface area contributed by atoms with E-state index < -0.39 is 0 Å². The molecule has 0 bridgehead atoms. The predicted octanol–water partition coefficient (Wildman–Crippen LogP) is 5.28. The molecule has 0 spiro atoms. The highest BCUT2D eigenvalue weighted by atomic mass is 35.5. The van der Waals surface area contributed by atoms with Crippen molar-refractivity contribution in [2.75, 3.05) is 26.2 Å². The van der Waals surface area contributed by atoms with Crippen molar-refractivity contribution < 1.29 is 9.53 Å². The maximum atomic E-state index is 12.6. The number of carbonyl (C=O) groups excluding carboxylic acids is 1. The minimum atomic E-state index is -0.139. The molecule has 0 saturated carbocycles. The van der Waals surface area contributed by atoms with Crippen LogP contribution in [0.4, 0.5) is 4.79 Å². The number of rotatable bonds is 7. The SMILES string of the molecule is CC(C)C[C@@H]1[C@H](c2ccccc2)OC(=O)N1CCCN1CCCCCC1.Cl. The quantitative estimate of drug-likeness (QED) is 0.630. The van der Waals surface area contributed by atoms with Crippen molar-refractivity contribution in [3.63, 3.8) is 0 Å². The van der Waals surface area contributed by atoms with Crippen LogP contribution < -0.4 is 0 Å². The summed E-state index contributed by atoms with van der Waals surface area (Å²) in [7, 11) is 0. The molecule has 0 aliphatic carbocycles. The van der Waals surface area contributed by atoms with Gasteiger partial charge >= 0.3 is 6.09 Å². The molecule has 2 saturated heterocycles. The van der Waals surface area contributed by atoms with Gasteiger partial charge in [0, 0.05) is 6.54 Å². The first-order chi connectivity index (χ1) is 12.6. The van der Waals surface area contributed by atoms with Gasteiger partial charge in [-0.25, -0.2) is 4.79 Å². The Morgan fingerprint density at radius 2 is 1.70 bits per heavy atom. The molecule has 1 aromatic carbocycles. The molecule has 2 aliphatic heterocycles. The van der Waals surface area contributed by atoms with Crippen LogP contribution >= 0.6 is 12.4 Å². The first-order valence-electron chi connectivity index (χ1n) is 10.4. The van der Waals surface area contributed by atoms with E-state index in [4.69, 9.17) is 4.74 Å². The molecule has 0 N–H and O–H groups in total. The van der Waals surface area contributed by atoms with E-state index in [2.05, 4.69) is 30.9 Å². The van der Waals surface area contributed by atoms with Gasteiger partial charge < -0.3 is 14.5 Å². The molecule has 1 amide bonds. The number of ether oxygens (including phenoxy) is 1. The summed E-state index contributed by atoms with van der Waals surface area (Å²) >= 11 is 0. The molecule has 1 aromatic rings. The Kier molecular flexibility index (Phi) is 8.91. The van der Waals surface area contributed by atoms with Gasteiger partial charge in [-0.3, -0.25) is 0 Å². The minimum Gasteiger partial charge on any atom is -0.439 e. The van der Waals surface area contributed by atoms with E-state index in [1.165, 1.54) is 38.8 Å². The van der Waals surface area contributed by atoms with Crippen molar-refractivity contribution in [2.45, 2.75) is 64.5 Å². The molecule has 27 heavy (non-hydrogen) atoms. The Morgan fingerprint density at radius 3 is 2.33 bits per heavy atom. The Morgan fingerprint density at radius 1 is 1.04 bits per heavy atom. The second-order valence-electron chi connectivity index (χ2n) is 8.21. The molecule has 2 heterocycles. The van der Waals surface area contributed by atoms with Crippen molar-refractivity contribution in [2.24, 2.45) is 5.92 Å². The zero-order valence-electron chi connectivity index (χ0n) is 16.8. The van der Waals surface area contributed by atoms with Crippen LogP contribution in [-0.2, 0) is 4.74 Å². The lowest BCUT2D eigenvalue weighted by atomic mass is 9.94. The zero-order chi connectivity index (χ0) is 18.4. The third-order valence-electron chi connectivity index (χ3n) is 5.63. The highest BCUT2D eigenvalue weighted by Gasteiger charge is 2.42. The molecule has 2 atom stereocenters. The number of likely N-dealkylation sites (tertiary alicyclic amines) is 1. The number of nitrogens with zero attached hydrogens (tertiary/aromatic N) is 2. The number of halogens is 1. The van der Waals surface area contributed by atoms with Gasteiger partial charge in [0.1, 0.15) is 6.10 Å². The highest BCUT2D eigenvalue weighted by Crippen LogP contribution is 2.36. The highest BCUT2D eigenvalue weighted by molar-refractivity contribution is 5.85. The average Bonchev–Trinajstić information content (AvgIpc) is 2.80. The van der Waals surface area contributed by atoms with Crippen molar-refractivity contribution >= 4 is 18.5 Å². The Hall–Kier alpha value is -1.26. The first kappa shape index (κ1) is 22.0. The smallest absolute Gasteiger partial charge is 0.410 e. The van der Waals surface area contributed by atoms with Crippen molar-refractivity contribution in [3.05, 3.63) is 35.9 Å².